The quantitative estimate of drug-likeness (QED) is 0.641. The number of nitrogens with zero attached hydrogens (tertiary/aromatic N) is 3. The van der Waals surface area contributed by atoms with Gasteiger partial charge in [-0.1, -0.05) is 24.3 Å². The van der Waals surface area contributed by atoms with Gasteiger partial charge in [-0.25, -0.2) is 4.79 Å². The van der Waals surface area contributed by atoms with E-state index < -0.39 is 5.76 Å². The molecule has 0 atom stereocenters. The lowest BCUT2D eigenvalue weighted by molar-refractivity contribution is -0.133. The third-order valence-corrected chi connectivity index (χ3v) is 5.23. The van der Waals surface area contributed by atoms with E-state index in [0.29, 0.717) is 30.8 Å². The number of ether oxygens (including phenoxy) is 1. The molecule has 1 aliphatic heterocycles. The maximum absolute atomic E-state index is 12.7. The third kappa shape index (κ3) is 4.35. The number of hydrogen-bond donors (Lipinski definition) is 0. The van der Waals surface area contributed by atoms with Crippen molar-refractivity contribution < 1.29 is 13.9 Å². The molecule has 0 bridgehead atoms. The van der Waals surface area contributed by atoms with Gasteiger partial charge in [-0.3, -0.25) is 14.3 Å². The van der Waals surface area contributed by atoms with E-state index in [1.54, 1.807) is 18.2 Å². The molecular weight excluding hydrogens is 370 g/mol. The number of rotatable bonds is 6. The summed E-state index contributed by atoms with van der Waals surface area (Å²) in [6, 6.07) is 15.3. The van der Waals surface area contributed by atoms with Gasteiger partial charge in [0.1, 0.15) is 12.3 Å². The predicted octanol–water partition coefficient (Wildman–Crippen LogP) is 2.34. The number of piperazine rings is 1. The Hall–Kier alpha value is -3.06. The summed E-state index contributed by atoms with van der Waals surface area (Å²) < 4.78 is 12.1. The van der Waals surface area contributed by atoms with Crippen molar-refractivity contribution in [2.24, 2.45) is 0 Å². The van der Waals surface area contributed by atoms with Crippen LogP contribution in [0.15, 0.2) is 57.7 Å². The average molecular weight is 395 g/mol. The van der Waals surface area contributed by atoms with E-state index in [4.69, 9.17) is 9.15 Å². The lowest BCUT2D eigenvalue weighted by Gasteiger charge is -2.34. The normalized spacial score (nSPS) is 15.0. The first-order valence-corrected chi connectivity index (χ1v) is 9.94. The van der Waals surface area contributed by atoms with Gasteiger partial charge >= 0.3 is 5.76 Å². The van der Waals surface area contributed by atoms with Gasteiger partial charge in [-0.05, 0) is 36.8 Å². The highest BCUT2D eigenvalue weighted by Gasteiger charge is 2.22. The van der Waals surface area contributed by atoms with Crippen LogP contribution in [0.5, 0.6) is 5.75 Å². The van der Waals surface area contributed by atoms with Crippen LogP contribution in [-0.4, -0.2) is 53.1 Å². The van der Waals surface area contributed by atoms with Crippen molar-refractivity contribution in [1.29, 1.82) is 0 Å². The monoisotopic (exact) mass is 395 g/mol. The van der Waals surface area contributed by atoms with Gasteiger partial charge in [0.15, 0.2) is 5.58 Å². The van der Waals surface area contributed by atoms with Gasteiger partial charge in [0.05, 0.1) is 12.1 Å². The number of benzene rings is 2. The van der Waals surface area contributed by atoms with Crippen molar-refractivity contribution in [2.75, 3.05) is 32.8 Å². The summed E-state index contributed by atoms with van der Waals surface area (Å²) in [7, 11) is 0. The molecule has 3 aromatic rings. The first-order valence-electron chi connectivity index (χ1n) is 9.94. The highest BCUT2D eigenvalue weighted by Crippen LogP contribution is 2.16. The van der Waals surface area contributed by atoms with E-state index in [0.717, 1.165) is 25.4 Å². The Morgan fingerprint density at radius 3 is 2.48 bits per heavy atom. The number of hydrogen-bond acceptors (Lipinski definition) is 5. The number of aromatic nitrogens is 1. The minimum atomic E-state index is -0.492. The molecule has 152 valence electrons. The van der Waals surface area contributed by atoms with E-state index in [2.05, 4.69) is 17.0 Å². The largest absolute Gasteiger partial charge is 0.494 e. The lowest BCUT2D eigenvalue weighted by Crippen LogP contribution is -2.49. The Morgan fingerprint density at radius 2 is 1.76 bits per heavy atom. The highest BCUT2D eigenvalue weighted by atomic mass is 16.5. The van der Waals surface area contributed by atoms with Gasteiger partial charge in [-0.15, -0.1) is 0 Å². The van der Waals surface area contributed by atoms with Crippen molar-refractivity contribution in [2.45, 2.75) is 20.0 Å². The van der Waals surface area contributed by atoms with Gasteiger partial charge in [0.2, 0.25) is 5.91 Å². The van der Waals surface area contributed by atoms with Crippen LogP contribution in [0, 0.1) is 0 Å². The first-order chi connectivity index (χ1) is 14.1. The predicted molar refractivity (Wildman–Crippen MR) is 110 cm³/mol. The molecule has 2 heterocycles. The van der Waals surface area contributed by atoms with Crippen molar-refractivity contribution in [3.05, 3.63) is 64.6 Å². The van der Waals surface area contributed by atoms with Crippen LogP contribution in [-0.2, 0) is 17.9 Å². The van der Waals surface area contributed by atoms with Crippen LogP contribution in [0.4, 0.5) is 0 Å². The third-order valence-electron chi connectivity index (χ3n) is 5.23. The molecule has 7 nitrogen and oxygen atoms in total. The second kappa shape index (κ2) is 8.53. The summed E-state index contributed by atoms with van der Waals surface area (Å²) in [5.74, 6) is 0.335. The molecule has 2 aromatic carbocycles. The molecule has 4 rings (SSSR count). The van der Waals surface area contributed by atoms with Crippen molar-refractivity contribution >= 4 is 17.0 Å². The van der Waals surface area contributed by atoms with E-state index in [1.807, 2.05) is 30.0 Å². The number of fused-ring (bicyclic) bond motifs is 1. The SMILES string of the molecule is CCOc1ccc(CN2CCN(C(=O)Cn3c(=O)oc4ccccc43)CC2)cc1. The number of para-hydroxylation sites is 2. The Kier molecular flexibility index (Phi) is 5.67. The van der Waals surface area contributed by atoms with Crippen LogP contribution in [0.1, 0.15) is 12.5 Å². The number of carbonyl (C=O) groups is 1. The van der Waals surface area contributed by atoms with Crippen LogP contribution in [0.3, 0.4) is 0 Å². The van der Waals surface area contributed by atoms with E-state index in [-0.39, 0.29) is 12.5 Å². The molecule has 1 amide bonds. The van der Waals surface area contributed by atoms with Gasteiger partial charge in [0, 0.05) is 32.7 Å². The highest BCUT2D eigenvalue weighted by molar-refractivity contribution is 5.79. The summed E-state index contributed by atoms with van der Waals surface area (Å²) >= 11 is 0. The molecule has 0 unspecified atom stereocenters. The van der Waals surface area contributed by atoms with E-state index in [1.165, 1.54) is 10.1 Å². The standard InChI is InChI=1S/C22H25N3O4/c1-2-28-18-9-7-17(8-10-18)15-23-11-13-24(14-12-23)21(26)16-25-19-5-3-4-6-20(19)29-22(25)27/h3-10H,2,11-16H2,1H3. The maximum Gasteiger partial charge on any atom is 0.420 e. The average Bonchev–Trinajstić information content (AvgIpc) is 3.05. The molecule has 7 heteroatoms. The van der Waals surface area contributed by atoms with Crippen molar-refractivity contribution in [3.63, 3.8) is 0 Å². The first kappa shape index (κ1) is 19.3. The molecular formula is C22H25N3O4. The number of amides is 1. The van der Waals surface area contributed by atoms with Crippen molar-refractivity contribution in [3.8, 4) is 5.75 Å². The lowest BCUT2D eigenvalue weighted by atomic mass is 10.2. The summed E-state index contributed by atoms with van der Waals surface area (Å²) in [6.45, 7) is 6.41. The summed E-state index contributed by atoms with van der Waals surface area (Å²) in [6.07, 6.45) is 0. The molecule has 0 radical (unpaired) electrons. The zero-order valence-electron chi connectivity index (χ0n) is 16.5. The summed E-state index contributed by atoms with van der Waals surface area (Å²) in [5, 5.41) is 0. The topological polar surface area (TPSA) is 67.9 Å². The second-order valence-electron chi connectivity index (χ2n) is 7.16. The summed E-state index contributed by atoms with van der Waals surface area (Å²) in [4.78, 5) is 29.0. The fraction of sp³-hybridized carbons (Fsp3) is 0.364. The number of oxazole rings is 1. The fourth-order valence-electron chi connectivity index (χ4n) is 3.67. The van der Waals surface area contributed by atoms with E-state index >= 15 is 0 Å². The Balaban J connectivity index is 1.32. The molecule has 1 aliphatic rings. The molecule has 0 aliphatic carbocycles. The Bertz CT molecular complexity index is 1030. The molecule has 0 N–H and O–H groups in total. The fourth-order valence-corrected chi connectivity index (χ4v) is 3.67. The van der Waals surface area contributed by atoms with Gasteiger partial charge < -0.3 is 14.1 Å². The van der Waals surface area contributed by atoms with Crippen LogP contribution in [0.2, 0.25) is 0 Å². The molecule has 1 fully saturated rings. The molecule has 29 heavy (non-hydrogen) atoms. The van der Waals surface area contributed by atoms with Crippen molar-refractivity contribution in [1.82, 2.24) is 14.4 Å². The van der Waals surface area contributed by atoms with Gasteiger partial charge in [0.25, 0.3) is 0 Å². The van der Waals surface area contributed by atoms with Gasteiger partial charge in [-0.2, -0.15) is 0 Å². The summed E-state index contributed by atoms with van der Waals surface area (Å²) in [5.41, 5.74) is 2.38. The maximum atomic E-state index is 12.7. The zero-order chi connectivity index (χ0) is 20.2. The minimum absolute atomic E-state index is 0.00867. The second-order valence-corrected chi connectivity index (χ2v) is 7.16. The Labute approximate surface area is 169 Å². The molecule has 0 spiro atoms. The van der Waals surface area contributed by atoms with Crippen LogP contribution in [0.25, 0.3) is 11.1 Å². The number of carbonyl (C=O) groups excluding carboxylic acids is 1. The smallest absolute Gasteiger partial charge is 0.420 e. The zero-order valence-corrected chi connectivity index (χ0v) is 16.5. The van der Waals surface area contributed by atoms with Crippen LogP contribution >= 0.6 is 0 Å². The minimum Gasteiger partial charge on any atom is -0.494 e. The van der Waals surface area contributed by atoms with E-state index in [9.17, 15) is 9.59 Å². The molecule has 1 saturated heterocycles. The molecule has 0 saturated carbocycles. The molecule has 1 aromatic heterocycles. The Morgan fingerprint density at radius 1 is 1.03 bits per heavy atom. The van der Waals surface area contributed by atoms with Crippen LogP contribution < -0.4 is 10.5 Å².